The number of hydrogen-bond acceptors (Lipinski definition) is 3. The largest absolute Gasteiger partial charge is 0.496 e. The molecule has 0 radical (unpaired) electrons. The van der Waals surface area contributed by atoms with Crippen LogP contribution in [0.2, 0.25) is 5.02 Å². The van der Waals surface area contributed by atoms with E-state index in [0.717, 1.165) is 0 Å². The van der Waals surface area contributed by atoms with Gasteiger partial charge in [-0.1, -0.05) is 11.6 Å². The molecule has 0 aliphatic carbocycles. The predicted molar refractivity (Wildman–Crippen MR) is 53.8 cm³/mol. The fourth-order valence-electron chi connectivity index (χ4n) is 1.18. The van der Waals surface area contributed by atoms with Gasteiger partial charge in [-0.25, -0.2) is 0 Å². The average Bonchev–Trinajstić information content (AvgIpc) is 2.20. The van der Waals surface area contributed by atoms with E-state index >= 15 is 0 Å². The van der Waals surface area contributed by atoms with Gasteiger partial charge in [0.15, 0.2) is 6.29 Å². The van der Waals surface area contributed by atoms with Crippen LogP contribution in [0.25, 0.3) is 0 Å². The van der Waals surface area contributed by atoms with Gasteiger partial charge in [-0.15, -0.1) is 0 Å². The van der Waals surface area contributed by atoms with Crippen molar-refractivity contribution in [2.75, 3.05) is 14.2 Å². The normalized spacial score (nSPS) is 12.2. The first-order valence-electron chi connectivity index (χ1n) is 4.04. The standard InChI is InChI=1S/C10H11ClO3/c1-13-9-4-3-7(11)5-8(9)10(6-12)14-2/h3-6,10H,1-2H3. The van der Waals surface area contributed by atoms with Crippen LogP contribution in [0.1, 0.15) is 11.7 Å². The summed E-state index contributed by atoms with van der Waals surface area (Å²) in [6.07, 6.45) is 0.0671. The van der Waals surface area contributed by atoms with Gasteiger partial charge < -0.3 is 14.3 Å². The van der Waals surface area contributed by atoms with Crippen LogP contribution in [-0.4, -0.2) is 20.5 Å². The van der Waals surface area contributed by atoms with Crippen molar-refractivity contribution in [3.63, 3.8) is 0 Å². The van der Waals surface area contributed by atoms with Gasteiger partial charge in [0.25, 0.3) is 0 Å². The maximum absolute atomic E-state index is 10.7. The van der Waals surface area contributed by atoms with Crippen molar-refractivity contribution in [3.05, 3.63) is 28.8 Å². The number of carbonyl (C=O) groups excluding carboxylic acids is 1. The predicted octanol–water partition coefficient (Wildman–Crippen LogP) is 2.24. The quantitative estimate of drug-likeness (QED) is 0.721. The molecule has 0 saturated carbocycles. The molecule has 0 aliphatic rings. The van der Waals surface area contributed by atoms with Crippen molar-refractivity contribution in [1.82, 2.24) is 0 Å². The number of rotatable bonds is 4. The minimum absolute atomic E-state index is 0.546. The van der Waals surface area contributed by atoms with Crippen molar-refractivity contribution in [3.8, 4) is 5.75 Å². The summed E-state index contributed by atoms with van der Waals surface area (Å²) >= 11 is 5.80. The first-order valence-corrected chi connectivity index (χ1v) is 4.42. The lowest BCUT2D eigenvalue weighted by molar-refractivity contribution is -0.116. The number of carbonyl (C=O) groups is 1. The van der Waals surface area contributed by atoms with E-state index in [1.54, 1.807) is 18.2 Å². The highest BCUT2D eigenvalue weighted by Crippen LogP contribution is 2.28. The molecule has 0 saturated heterocycles. The van der Waals surface area contributed by atoms with Crippen LogP contribution in [0.3, 0.4) is 0 Å². The lowest BCUT2D eigenvalue weighted by Crippen LogP contribution is -2.04. The Kier molecular flexibility index (Phi) is 3.92. The first-order chi connectivity index (χ1) is 6.72. The van der Waals surface area contributed by atoms with Gasteiger partial charge in [0.1, 0.15) is 11.9 Å². The molecule has 0 bridgehead atoms. The zero-order chi connectivity index (χ0) is 10.6. The molecular weight excluding hydrogens is 204 g/mol. The van der Waals surface area contributed by atoms with Gasteiger partial charge in [-0.05, 0) is 18.2 Å². The smallest absolute Gasteiger partial charge is 0.153 e. The summed E-state index contributed by atoms with van der Waals surface area (Å²) in [4.78, 5) is 10.7. The van der Waals surface area contributed by atoms with Crippen LogP contribution in [-0.2, 0) is 9.53 Å². The molecule has 1 atom stereocenters. The number of aldehydes is 1. The summed E-state index contributed by atoms with van der Waals surface area (Å²) in [5.41, 5.74) is 0.637. The van der Waals surface area contributed by atoms with E-state index in [2.05, 4.69) is 0 Å². The molecule has 76 valence electrons. The number of methoxy groups -OCH3 is 2. The lowest BCUT2D eigenvalue weighted by atomic mass is 10.1. The molecular formula is C10H11ClO3. The molecule has 0 fully saturated rings. The van der Waals surface area contributed by atoms with Crippen molar-refractivity contribution in [1.29, 1.82) is 0 Å². The van der Waals surface area contributed by atoms with Gasteiger partial charge in [-0.2, -0.15) is 0 Å². The molecule has 1 unspecified atom stereocenters. The minimum Gasteiger partial charge on any atom is -0.496 e. The molecule has 14 heavy (non-hydrogen) atoms. The number of hydrogen-bond donors (Lipinski definition) is 0. The molecule has 4 heteroatoms. The van der Waals surface area contributed by atoms with Crippen LogP contribution >= 0.6 is 11.6 Å². The Bertz CT molecular complexity index is 325. The fourth-order valence-corrected chi connectivity index (χ4v) is 1.36. The monoisotopic (exact) mass is 214 g/mol. The molecule has 1 aromatic rings. The third-order valence-electron chi connectivity index (χ3n) is 1.88. The van der Waals surface area contributed by atoms with E-state index in [9.17, 15) is 4.79 Å². The molecule has 0 amide bonds. The summed E-state index contributed by atoms with van der Waals surface area (Å²) in [5.74, 6) is 0.591. The Labute approximate surface area is 87.6 Å². The Balaban J connectivity index is 3.14. The van der Waals surface area contributed by atoms with Crippen molar-refractivity contribution in [2.24, 2.45) is 0 Å². The zero-order valence-corrected chi connectivity index (χ0v) is 8.75. The topological polar surface area (TPSA) is 35.5 Å². The molecule has 1 aromatic carbocycles. The Morgan fingerprint density at radius 3 is 2.64 bits per heavy atom. The number of halogens is 1. The minimum atomic E-state index is -0.636. The van der Waals surface area contributed by atoms with Gasteiger partial charge in [0, 0.05) is 17.7 Å². The summed E-state index contributed by atoms with van der Waals surface area (Å²) in [7, 11) is 2.99. The second kappa shape index (κ2) is 4.98. The van der Waals surface area contributed by atoms with Gasteiger partial charge in [0.05, 0.1) is 7.11 Å². The van der Waals surface area contributed by atoms with Gasteiger partial charge in [-0.3, -0.25) is 0 Å². The second-order valence-corrected chi connectivity index (χ2v) is 3.12. The van der Waals surface area contributed by atoms with E-state index in [1.165, 1.54) is 14.2 Å². The van der Waals surface area contributed by atoms with Crippen molar-refractivity contribution < 1.29 is 14.3 Å². The highest BCUT2D eigenvalue weighted by molar-refractivity contribution is 6.30. The molecule has 0 aliphatic heterocycles. The molecule has 0 heterocycles. The van der Waals surface area contributed by atoms with E-state index < -0.39 is 6.10 Å². The van der Waals surface area contributed by atoms with Gasteiger partial charge >= 0.3 is 0 Å². The van der Waals surface area contributed by atoms with E-state index in [0.29, 0.717) is 22.6 Å². The Morgan fingerprint density at radius 1 is 1.43 bits per heavy atom. The van der Waals surface area contributed by atoms with Crippen LogP contribution in [0.5, 0.6) is 5.75 Å². The van der Waals surface area contributed by atoms with E-state index in [-0.39, 0.29) is 0 Å². The fraction of sp³-hybridized carbons (Fsp3) is 0.300. The maximum Gasteiger partial charge on any atom is 0.153 e. The SMILES string of the molecule is COc1ccc(Cl)cc1C(C=O)OC. The maximum atomic E-state index is 10.7. The average molecular weight is 215 g/mol. The van der Waals surface area contributed by atoms with Crippen LogP contribution in [0, 0.1) is 0 Å². The highest BCUT2D eigenvalue weighted by Gasteiger charge is 2.14. The summed E-state index contributed by atoms with van der Waals surface area (Å²) in [6, 6.07) is 5.05. The Hall–Kier alpha value is -1.06. The summed E-state index contributed by atoms with van der Waals surface area (Å²) in [6.45, 7) is 0. The summed E-state index contributed by atoms with van der Waals surface area (Å²) in [5, 5.41) is 0.546. The van der Waals surface area contributed by atoms with Crippen LogP contribution in [0.15, 0.2) is 18.2 Å². The lowest BCUT2D eigenvalue weighted by Gasteiger charge is -2.13. The van der Waals surface area contributed by atoms with E-state index in [1.807, 2.05) is 0 Å². The van der Waals surface area contributed by atoms with E-state index in [4.69, 9.17) is 21.1 Å². The first kappa shape index (κ1) is 11.0. The third kappa shape index (κ3) is 2.25. The molecule has 0 aromatic heterocycles. The third-order valence-corrected chi connectivity index (χ3v) is 2.11. The molecule has 0 N–H and O–H groups in total. The zero-order valence-electron chi connectivity index (χ0n) is 7.99. The summed E-state index contributed by atoms with van der Waals surface area (Å²) < 4.78 is 10.1. The van der Waals surface area contributed by atoms with Crippen molar-refractivity contribution >= 4 is 17.9 Å². The highest BCUT2D eigenvalue weighted by atomic mass is 35.5. The Morgan fingerprint density at radius 2 is 2.14 bits per heavy atom. The second-order valence-electron chi connectivity index (χ2n) is 2.68. The van der Waals surface area contributed by atoms with Crippen LogP contribution in [0.4, 0.5) is 0 Å². The van der Waals surface area contributed by atoms with Crippen molar-refractivity contribution in [2.45, 2.75) is 6.10 Å². The number of benzene rings is 1. The number of ether oxygens (including phenoxy) is 2. The van der Waals surface area contributed by atoms with Crippen LogP contribution < -0.4 is 4.74 Å². The van der Waals surface area contributed by atoms with Gasteiger partial charge in [0.2, 0.25) is 0 Å². The molecule has 3 nitrogen and oxygen atoms in total. The molecule has 1 rings (SSSR count). The molecule has 0 spiro atoms.